The van der Waals surface area contributed by atoms with Crippen LogP contribution in [0.15, 0.2) is 0 Å². The summed E-state index contributed by atoms with van der Waals surface area (Å²) in [5.41, 5.74) is 0.493. The molecule has 4 aliphatic carbocycles. The Balaban J connectivity index is 1.60. The SMILES string of the molecule is CC[C@H]1C[C@@H]2[C@H](CC[C@]3(C)[C@@H]([C@H](C)C(O)C(O)(O)C(=O)O)CC[C@@H]23)[C@@]2(C)CCCC[C@@H]12. The fraction of sp³-hybridized carbons (Fsp3) is 0.962. The topological polar surface area (TPSA) is 98.0 Å². The minimum atomic E-state index is -3.09. The number of carboxylic acid groups (broad SMARTS) is 1. The number of hydrogen-bond acceptors (Lipinski definition) is 4. The summed E-state index contributed by atoms with van der Waals surface area (Å²) in [5, 5.41) is 39.8. The van der Waals surface area contributed by atoms with Crippen LogP contribution >= 0.6 is 0 Å². The molecule has 0 heterocycles. The first-order chi connectivity index (χ1) is 14.5. The van der Waals surface area contributed by atoms with Crippen LogP contribution in [0.3, 0.4) is 0 Å². The van der Waals surface area contributed by atoms with Gasteiger partial charge in [-0.25, -0.2) is 4.79 Å². The average molecular weight is 437 g/mol. The highest BCUT2D eigenvalue weighted by Crippen LogP contribution is 2.69. The molecule has 0 aliphatic heterocycles. The zero-order chi connectivity index (χ0) is 22.8. The molecular formula is C26H44O5. The molecule has 1 unspecified atom stereocenters. The third-order valence-corrected chi connectivity index (χ3v) is 11.2. The maximum Gasteiger partial charge on any atom is 0.366 e. The van der Waals surface area contributed by atoms with E-state index in [2.05, 4.69) is 20.8 Å². The second-order valence-corrected chi connectivity index (χ2v) is 12.2. The number of carbonyl (C=O) groups is 1. The second kappa shape index (κ2) is 7.99. The predicted molar refractivity (Wildman–Crippen MR) is 119 cm³/mol. The van der Waals surface area contributed by atoms with E-state index >= 15 is 0 Å². The molecule has 5 nitrogen and oxygen atoms in total. The normalized spacial score (nSPS) is 47.1. The molecule has 0 bridgehead atoms. The second-order valence-electron chi connectivity index (χ2n) is 12.2. The molecule has 0 saturated heterocycles. The van der Waals surface area contributed by atoms with Crippen molar-refractivity contribution in [2.24, 2.45) is 52.3 Å². The maximum atomic E-state index is 11.3. The molecule has 4 N–H and O–H groups in total. The van der Waals surface area contributed by atoms with E-state index < -0.39 is 23.8 Å². The van der Waals surface area contributed by atoms with Crippen LogP contribution in [0.25, 0.3) is 0 Å². The van der Waals surface area contributed by atoms with Crippen LogP contribution in [-0.4, -0.2) is 38.3 Å². The average Bonchev–Trinajstić information content (AvgIpc) is 3.08. The predicted octanol–water partition coefficient (Wildman–Crippen LogP) is 4.43. The minimum absolute atomic E-state index is 0.0340. The standard InChI is InChI=1S/C26H44O5/c1-5-16-14-17-20-10-9-18(15(2)22(27)26(30,31)23(28)29)25(20,4)13-11-21(17)24(3)12-7-6-8-19(16)24/h15-22,27,30-31H,5-14H2,1-4H3,(H,28,29)/t15-,16-,17-,18+,19-,20-,21-,22?,24-,25+/m0/s1. The fourth-order valence-corrected chi connectivity index (χ4v) is 9.64. The van der Waals surface area contributed by atoms with E-state index in [1.54, 1.807) is 0 Å². The molecule has 0 aromatic rings. The molecule has 0 spiro atoms. The lowest BCUT2D eigenvalue weighted by Gasteiger charge is -2.63. The van der Waals surface area contributed by atoms with Crippen LogP contribution in [0.1, 0.15) is 91.9 Å². The van der Waals surface area contributed by atoms with Gasteiger partial charge < -0.3 is 20.4 Å². The van der Waals surface area contributed by atoms with Gasteiger partial charge in [0.1, 0.15) is 6.10 Å². The van der Waals surface area contributed by atoms with E-state index in [0.717, 1.165) is 37.0 Å². The first-order valence-electron chi connectivity index (χ1n) is 12.8. The van der Waals surface area contributed by atoms with Crippen LogP contribution in [0.2, 0.25) is 0 Å². The smallest absolute Gasteiger partial charge is 0.366 e. The Hall–Kier alpha value is -0.650. The number of aliphatic carboxylic acids is 1. The Morgan fingerprint density at radius 2 is 1.68 bits per heavy atom. The Morgan fingerprint density at radius 3 is 2.32 bits per heavy atom. The molecule has 0 aromatic carbocycles. The summed E-state index contributed by atoms with van der Waals surface area (Å²) in [6.45, 7) is 9.12. The third-order valence-electron chi connectivity index (χ3n) is 11.2. The van der Waals surface area contributed by atoms with E-state index in [1.807, 2.05) is 6.92 Å². The first kappa shape index (κ1) is 23.5. The largest absolute Gasteiger partial charge is 0.477 e. The number of rotatable bonds is 5. The zero-order valence-corrected chi connectivity index (χ0v) is 19.9. The summed E-state index contributed by atoms with van der Waals surface area (Å²) in [7, 11) is 0. The number of aliphatic hydroxyl groups is 3. The van der Waals surface area contributed by atoms with Gasteiger partial charge in [0.2, 0.25) is 0 Å². The van der Waals surface area contributed by atoms with Gasteiger partial charge in [-0.05, 0) is 97.2 Å². The third kappa shape index (κ3) is 3.40. The Bertz CT molecular complexity index is 691. The molecule has 0 aromatic heterocycles. The van der Waals surface area contributed by atoms with Crippen molar-refractivity contribution in [2.75, 3.05) is 0 Å². The first-order valence-corrected chi connectivity index (χ1v) is 12.8. The van der Waals surface area contributed by atoms with Gasteiger partial charge in [0, 0.05) is 0 Å². The van der Waals surface area contributed by atoms with Crippen molar-refractivity contribution in [1.82, 2.24) is 0 Å². The van der Waals surface area contributed by atoms with Gasteiger partial charge in [-0.2, -0.15) is 0 Å². The van der Waals surface area contributed by atoms with Crippen molar-refractivity contribution in [2.45, 2.75) is 104 Å². The van der Waals surface area contributed by atoms with Crippen molar-refractivity contribution in [3.05, 3.63) is 0 Å². The fourth-order valence-electron chi connectivity index (χ4n) is 9.64. The number of fused-ring (bicyclic) bond motifs is 5. The van der Waals surface area contributed by atoms with Crippen molar-refractivity contribution < 1.29 is 25.2 Å². The summed E-state index contributed by atoms with van der Waals surface area (Å²) < 4.78 is 0. The number of aliphatic hydroxyl groups excluding tert-OH is 1. The summed E-state index contributed by atoms with van der Waals surface area (Å²) in [5.74, 6) is -1.45. The van der Waals surface area contributed by atoms with Crippen LogP contribution in [0.4, 0.5) is 0 Å². The Labute approximate surface area is 187 Å². The van der Waals surface area contributed by atoms with E-state index in [9.17, 15) is 25.2 Å². The molecule has 4 saturated carbocycles. The number of hydrogen-bond donors (Lipinski definition) is 4. The monoisotopic (exact) mass is 436 g/mol. The highest BCUT2D eigenvalue weighted by Gasteiger charge is 2.62. The summed E-state index contributed by atoms with van der Waals surface area (Å²) in [6.07, 6.45) is 10.8. The lowest BCUT2D eigenvalue weighted by molar-refractivity contribution is -0.249. The Kier molecular flexibility index (Phi) is 6.06. The van der Waals surface area contributed by atoms with E-state index in [-0.39, 0.29) is 11.3 Å². The zero-order valence-electron chi connectivity index (χ0n) is 19.9. The summed E-state index contributed by atoms with van der Waals surface area (Å²) in [4.78, 5) is 11.3. The van der Waals surface area contributed by atoms with Gasteiger partial charge in [0.25, 0.3) is 5.79 Å². The van der Waals surface area contributed by atoms with Gasteiger partial charge in [-0.15, -0.1) is 0 Å². The van der Waals surface area contributed by atoms with E-state index in [4.69, 9.17) is 0 Å². The van der Waals surface area contributed by atoms with Crippen molar-refractivity contribution >= 4 is 5.97 Å². The molecule has 5 heteroatoms. The highest BCUT2D eigenvalue weighted by atomic mass is 16.6. The quantitative estimate of drug-likeness (QED) is 0.478. The molecule has 10 atom stereocenters. The van der Waals surface area contributed by atoms with Crippen molar-refractivity contribution in [3.63, 3.8) is 0 Å². The van der Waals surface area contributed by atoms with Crippen LogP contribution in [0.5, 0.6) is 0 Å². The highest BCUT2D eigenvalue weighted by molar-refractivity contribution is 5.75. The van der Waals surface area contributed by atoms with Crippen molar-refractivity contribution in [1.29, 1.82) is 0 Å². The molecule has 0 amide bonds. The van der Waals surface area contributed by atoms with Gasteiger partial charge in [0.15, 0.2) is 0 Å². The molecule has 4 fully saturated rings. The lowest BCUT2D eigenvalue weighted by atomic mass is 9.42. The van der Waals surface area contributed by atoms with Crippen molar-refractivity contribution in [3.8, 4) is 0 Å². The molecule has 178 valence electrons. The Morgan fingerprint density at radius 1 is 1.00 bits per heavy atom. The van der Waals surface area contributed by atoms with Gasteiger partial charge in [-0.3, -0.25) is 0 Å². The van der Waals surface area contributed by atoms with Gasteiger partial charge >= 0.3 is 5.97 Å². The van der Waals surface area contributed by atoms with E-state index in [1.165, 1.54) is 44.9 Å². The van der Waals surface area contributed by atoms with Crippen LogP contribution in [0, 0.1) is 52.3 Å². The summed E-state index contributed by atoms with van der Waals surface area (Å²) in [6, 6.07) is 0. The maximum absolute atomic E-state index is 11.3. The van der Waals surface area contributed by atoms with Crippen LogP contribution < -0.4 is 0 Å². The van der Waals surface area contributed by atoms with Crippen LogP contribution in [-0.2, 0) is 4.79 Å². The molecule has 31 heavy (non-hydrogen) atoms. The molecular weight excluding hydrogens is 392 g/mol. The van der Waals surface area contributed by atoms with E-state index in [0.29, 0.717) is 17.3 Å². The van der Waals surface area contributed by atoms with Gasteiger partial charge in [-0.1, -0.05) is 47.0 Å². The van der Waals surface area contributed by atoms with Gasteiger partial charge in [0.05, 0.1) is 0 Å². The minimum Gasteiger partial charge on any atom is -0.477 e. The lowest BCUT2D eigenvalue weighted by Crippen LogP contribution is -2.57. The molecule has 4 rings (SSSR count). The number of carboxylic acids is 1. The molecule has 4 aliphatic rings. The summed E-state index contributed by atoms with van der Waals surface area (Å²) >= 11 is 0. The molecule has 0 radical (unpaired) electrons.